The number of aromatic amines is 2. The lowest BCUT2D eigenvalue weighted by Crippen LogP contribution is -2.22. The molecule has 3 rings (SSSR count). The van der Waals surface area contributed by atoms with E-state index in [1.165, 1.54) is 0 Å². The van der Waals surface area contributed by atoms with Crippen molar-refractivity contribution >= 4 is 49.3 Å². The highest BCUT2D eigenvalue weighted by molar-refractivity contribution is 9.13. The number of nitrogen functional groups attached to an aromatic ring is 1. The van der Waals surface area contributed by atoms with E-state index in [-0.39, 0.29) is 5.91 Å². The van der Waals surface area contributed by atoms with Crippen molar-refractivity contribution in [3.63, 3.8) is 0 Å². The van der Waals surface area contributed by atoms with Crippen LogP contribution >= 0.6 is 31.9 Å². The van der Waals surface area contributed by atoms with E-state index in [1.807, 2.05) is 6.08 Å². The van der Waals surface area contributed by atoms with Gasteiger partial charge in [0.15, 0.2) is 5.95 Å². The number of halogens is 2. The number of nitrogens with one attached hydrogen (secondary N) is 3. The van der Waals surface area contributed by atoms with Crippen LogP contribution in [0.2, 0.25) is 0 Å². The fourth-order valence-electron chi connectivity index (χ4n) is 2.02. The van der Waals surface area contributed by atoms with Crippen LogP contribution in [-0.4, -0.2) is 27.4 Å². The number of imidazole rings is 1. The summed E-state index contributed by atoms with van der Waals surface area (Å²) in [5.41, 5.74) is 8.52. The molecule has 1 amide bonds. The van der Waals surface area contributed by atoms with Crippen LogP contribution in [-0.2, 0) is 0 Å². The Morgan fingerprint density at radius 3 is 2.79 bits per heavy atom. The van der Waals surface area contributed by atoms with Gasteiger partial charge in [-0.1, -0.05) is 6.08 Å². The van der Waals surface area contributed by atoms with Gasteiger partial charge in [-0.05, 0) is 31.9 Å². The minimum absolute atomic E-state index is 0.153. The van der Waals surface area contributed by atoms with Crippen LogP contribution in [0.15, 0.2) is 21.3 Å². The first-order valence-electron chi connectivity index (χ1n) is 5.44. The van der Waals surface area contributed by atoms with Crippen LogP contribution in [0.25, 0.3) is 5.57 Å². The Hall–Kier alpha value is -1.54. The molecule has 0 fully saturated rings. The van der Waals surface area contributed by atoms with Crippen molar-refractivity contribution in [2.75, 3.05) is 12.3 Å². The average molecular weight is 387 g/mol. The summed E-state index contributed by atoms with van der Waals surface area (Å²) in [7, 11) is 0. The molecule has 0 radical (unpaired) electrons. The lowest BCUT2D eigenvalue weighted by molar-refractivity contribution is 0.0954. The molecule has 0 saturated carbocycles. The minimum atomic E-state index is -0.153. The molecule has 2 aromatic rings. The highest BCUT2D eigenvalue weighted by Crippen LogP contribution is 2.37. The molecule has 1 aliphatic heterocycles. The molecule has 0 atom stereocenters. The van der Waals surface area contributed by atoms with Crippen molar-refractivity contribution in [3.8, 4) is 0 Å². The molecule has 3 heterocycles. The number of rotatable bonds is 1. The van der Waals surface area contributed by atoms with Gasteiger partial charge in [-0.3, -0.25) is 4.79 Å². The second-order valence-corrected chi connectivity index (χ2v) is 5.60. The Morgan fingerprint density at radius 1 is 1.32 bits per heavy atom. The molecule has 2 aromatic heterocycles. The van der Waals surface area contributed by atoms with E-state index in [9.17, 15) is 4.79 Å². The van der Waals surface area contributed by atoms with E-state index in [0.29, 0.717) is 22.8 Å². The maximum atomic E-state index is 12.0. The van der Waals surface area contributed by atoms with Gasteiger partial charge in [0.05, 0.1) is 21.0 Å². The Labute approximate surface area is 125 Å². The van der Waals surface area contributed by atoms with Gasteiger partial charge in [-0.15, -0.1) is 0 Å². The van der Waals surface area contributed by atoms with E-state index in [1.54, 1.807) is 6.20 Å². The standard InChI is InChI=1S/C11H9Br2N5O/c12-7-6-4(5-3-16-11(14)17-5)1-2-15-10(19)8(6)18-9(7)13/h1,3,18H,2H2,(H,15,19)(H3,14,16,17). The Kier molecular flexibility index (Phi) is 2.98. The summed E-state index contributed by atoms with van der Waals surface area (Å²) < 4.78 is 1.51. The van der Waals surface area contributed by atoms with E-state index in [4.69, 9.17) is 5.73 Å². The molecule has 5 N–H and O–H groups in total. The van der Waals surface area contributed by atoms with Crippen molar-refractivity contribution in [3.05, 3.63) is 38.3 Å². The first-order chi connectivity index (χ1) is 9.08. The van der Waals surface area contributed by atoms with E-state index >= 15 is 0 Å². The van der Waals surface area contributed by atoms with Gasteiger partial charge >= 0.3 is 0 Å². The molecule has 8 heteroatoms. The molecule has 0 saturated heterocycles. The normalized spacial score (nSPS) is 14.6. The van der Waals surface area contributed by atoms with Gasteiger partial charge < -0.3 is 21.0 Å². The first kappa shape index (κ1) is 12.5. The van der Waals surface area contributed by atoms with Crippen LogP contribution in [0.1, 0.15) is 21.7 Å². The topological polar surface area (TPSA) is 99.6 Å². The van der Waals surface area contributed by atoms with Crippen molar-refractivity contribution in [1.29, 1.82) is 0 Å². The summed E-state index contributed by atoms with van der Waals surface area (Å²) in [6, 6.07) is 0. The third kappa shape index (κ3) is 2.00. The monoisotopic (exact) mass is 385 g/mol. The molecule has 0 spiro atoms. The third-order valence-corrected chi connectivity index (χ3v) is 4.77. The largest absolute Gasteiger partial charge is 0.369 e. The third-order valence-electron chi connectivity index (χ3n) is 2.85. The molecule has 98 valence electrons. The van der Waals surface area contributed by atoms with Gasteiger partial charge in [0.1, 0.15) is 5.69 Å². The van der Waals surface area contributed by atoms with Gasteiger partial charge in [0.2, 0.25) is 0 Å². The predicted octanol–water partition coefficient (Wildman–Crippen LogP) is 2.02. The second kappa shape index (κ2) is 4.53. The number of fused-ring (bicyclic) bond motifs is 1. The number of carbonyl (C=O) groups is 1. The van der Waals surface area contributed by atoms with Crippen LogP contribution in [0.5, 0.6) is 0 Å². The fourth-order valence-corrected chi connectivity index (χ4v) is 2.93. The Morgan fingerprint density at radius 2 is 2.11 bits per heavy atom. The van der Waals surface area contributed by atoms with Gasteiger partial charge in [0, 0.05) is 17.7 Å². The number of hydrogen-bond acceptors (Lipinski definition) is 3. The molecule has 0 bridgehead atoms. The number of carbonyl (C=O) groups excluding carboxylic acids is 1. The van der Waals surface area contributed by atoms with Gasteiger partial charge in [-0.2, -0.15) is 0 Å². The van der Waals surface area contributed by atoms with E-state index in [2.05, 4.69) is 52.1 Å². The SMILES string of the molecule is Nc1ncc(C2=CCNC(=O)c3[nH]c(Br)c(Br)c32)[nH]1. The number of hydrogen-bond donors (Lipinski definition) is 4. The van der Waals surface area contributed by atoms with Crippen LogP contribution in [0, 0.1) is 0 Å². The maximum absolute atomic E-state index is 12.0. The highest BCUT2D eigenvalue weighted by Gasteiger charge is 2.26. The zero-order valence-corrected chi connectivity index (χ0v) is 12.7. The van der Waals surface area contributed by atoms with Gasteiger partial charge in [-0.25, -0.2) is 4.98 Å². The molecular weight excluding hydrogens is 378 g/mol. The molecule has 0 aliphatic carbocycles. The van der Waals surface area contributed by atoms with Gasteiger partial charge in [0.25, 0.3) is 5.91 Å². The summed E-state index contributed by atoms with van der Waals surface area (Å²) in [5, 5.41) is 2.79. The lowest BCUT2D eigenvalue weighted by atomic mass is 10.0. The summed E-state index contributed by atoms with van der Waals surface area (Å²) >= 11 is 6.85. The predicted molar refractivity (Wildman–Crippen MR) is 78.6 cm³/mol. The zero-order chi connectivity index (χ0) is 13.6. The summed E-state index contributed by atoms with van der Waals surface area (Å²) in [4.78, 5) is 22.0. The molecule has 0 aromatic carbocycles. The molecule has 6 nitrogen and oxygen atoms in total. The van der Waals surface area contributed by atoms with Crippen LogP contribution < -0.4 is 11.1 Å². The van der Waals surface area contributed by atoms with Crippen LogP contribution in [0.3, 0.4) is 0 Å². The molecular formula is C11H9Br2N5O. The molecule has 1 aliphatic rings. The Balaban J connectivity index is 2.24. The Bertz CT molecular complexity index is 700. The van der Waals surface area contributed by atoms with Crippen molar-refractivity contribution in [1.82, 2.24) is 20.3 Å². The smallest absolute Gasteiger partial charge is 0.268 e. The molecule has 0 unspecified atom stereocenters. The zero-order valence-electron chi connectivity index (χ0n) is 9.55. The number of amides is 1. The van der Waals surface area contributed by atoms with E-state index < -0.39 is 0 Å². The lowest BCUT2D eigenvalue weighted by Gasteiger charge is -2.04. The number of aromatic nitrogens is 3. The number of H-pyrrole nitrogens is 2. The first-order valence-corrected chi connectivity index (χ1v) is 7.03. The summed E-state index contributed by atoms with van der Waals surface area (Å²) in [5.74, 6) is 0.187. The fraction of sp³-hybridized carbons (Fsp3) is 0.0909. The summed E-state index contributed by atoms with van der Waals surface area (Å²) in [6.07, 6.45) is 3.57. The molecule has 19 heavy (non-hydrogen) atoms. The number of nitrogens with two attached hydrogens (primary N) is 1. The van der Waals surface area contributed by atoms with Crippen molar-refractivity contribution < 1.29 is 4.79 Å². The highest BCUT2D eigenvalue weighted by atomic mass is 79.9. The average Bonchev–Trinajstić information content (AvgIpc) is 2.87. The minimum Gasteiger partial charge on any atom is -0.369 e. The van der Waals surface area contributed by atoms with E-state index in [0.717, 1.165) is 21.3 Å². The van der Waals surface area contributed by atoms with Crippen molar-refractivity contribution in [2.24, 2.45) is 0 Å². The number of nitrogens with zero attached hydrogens (tertiary/aromatic N) is 1. The quantitative estimate of drug-likeness (QED) is 0.603. The second-order valence-electron chi connectivity index (χ2n) is 4.01. The maximum Gasteiger partial charge on any atom is 0.268 e. The summed E-state index contributed by atoms with van der Waals surface area (Å²) in [6.45, 7) is 0.444. The van der Waals surface area contributed by atoms with Crippen molar-refractivity contribution in [2.45, 2.75) is 0 Å². The number of anilines is 1. The van der Waals surface area contributed by atoms with Crippen LogP contribution in [0.4, 0.5) is 5.95 Å².